The fourth-order valence-electron chi connectivity index (χ4n) is 14.5. The molecule has 5 aliphatic carbocycles. The monoisotopic (exact) mass is 943 g/mol. The number of furan rings is 1. The summed E-state index contributed by atoms with van der Waals surface area (Å²) in [7, 11) is 0. The van der Waals surface area contributed by atoms with Gasteiger partial charge in [0.25, 0.3) is 0 Å². The highest BCUT2D eigenvalue weighted by Crippen LogP contribution is 2.64. The van der Waals surface area contributed by atoms with Crippen LogP contribution in [0.4, 0.5) is 11.4 Å². The average molecular weight is 944 g/mol. The molecule has 348 valence electrons. The zero-order valence-corrected chi connectivity index (χ0v) is 40.8. The van der Waals surface area contributed by atoms with Gasteiger partial charge >= 0.3 is 0 Å². The van der Waals surface area contributed by atoms with Crippen molar-refractivity contribution in [1.82, 2.24) is 0 Å². The van der Waals surface area contributed by atoms with Gasteiger partial charge in [-0.05, 0) is 138 Å². The molecule has 5 aliphatic rings. The minimum atomic E-state index is -0.555. The molecule has 1 atom stereocenters. The zero-order valence-electron chi connectivity index (χ0n) is 40.8. The molecule has 74 heavy (non-hydrogen) atoms. The van der Waals surface area contributed by atoms with Gasteiger partial charge < -0.3 is 9.32 Å². The number of allylic oxidation sites excluding steroid dienone is 5. The van der Waals surface area contributed by atoms with Gasteiger partial charge in [-0.25, -0.2) is 0 Å². The Hall–Kier alpha value is -8.98. The standard InChI is InChI=1S/C72H49NO/c1-3-21-47(22-4-1)71(48-23-5-2-6-24-48)62-33-14-9-28-54(62)56-42-39-49(44-66(56)71)73(68-37-18-13-30-58(68)59-31-19-32-60-61-41-38-46-20-7-8-25-51(46)69(61)74-70(59)60)50-40-43-57-55-29-12-17-36-65(55)72(67(57)45-50)63-34-15-10-26-52(63)53-27-11-16-35-64(53)72/h1-17,19-30,32-36,38-45,59H,18,31,37H2. The van der Waals surface area contributed by atoms with Gasteiger partial charge in [-0.15, -0.1) is 0 Å². The lowest BCUT2D eigenvalue weighted by Gasteiger charge is -2.37. The predicted molar refractivity (Wildman–Crippen MR) is 304 cm³/mol. The Morgan fingerprint density at radius 2 is 0.905 bits per heavy atom. The van der Waals surface area contributed by atoms with E-state index in [9.17, 15) is 0 Å². The van der Waals surface area contributed by atoms with Gasteiger partial charge in [0.1, 0.15) is 11.3 Å². The summed E-state index contributed by atoms with van der Waals surface area (Å²) < 4.78 is 7.22. The lowest BCUT2D eigenvalue weighted by atomic mass is 9.67. The maximum Gasteiger partial charge on any atom is 0.142 e. The van der Waals surface area contributed by atoms with Crippen molar-refractivity contribution < 1.29 is 4.42 Å². The fourth-order valence-corrected chi connectivity index (χ4v) is 14.5. The Kier molecular flexibility index (Phi) is 8.86. The molecule has 2 nitrogen and oxygen atoms in total. The Morgan fingerprint density at radius 3 is 1.50 bits per heavy atom. The van der Waals surface area contributed by atoms with Crippen LogP contribution in [0, 0.1) is 0 Å². The first-order valence-electron chi connectivity index (χ1n) is 26.3. The van der Waals surface area contributed by atoms with Crippen molar-refractivity contribution in [3.63, 3.8) is 0 Å². The molecule has 16 rings (SSSR count). The largest absolute Gasteiger partial charge is 0.459 e. The summed E-state index contributed by atoms with van der Waals surface area (Å²) in [6.45, 7) is 0. The van der Waals surface area contributed by atoms with Gasteiger partial charge in [0, 0.05) is 39.3 Å². The highest BCUT2D eigenvalue weighted by atomic mass is 16.3. The van der Waals surface area contributed by atoms with Crippen molar-refractivity contribution in [2.75, 3.05) is 4.90 Å². The van der Waals surface area contributed by atoms with E-state index in [1.807, 2.05) is 0 Å². The molecule has 1 aromatic heterocycles. The Balaban J connectivity index is 0.982. The molecule has 0 amide bonds. The van der Waals surface area contributed by atoms with Crippen LogP contribution in [0.5, 0.6) is 0 Å². The normalized spacial score (nSPS) is 16.7. The van der Waals surface area contributed by atoms with Crippen LogP contribution in [0.2, 0.25) is 0 Å². The summed E-state index contributed by atoms with van der Waals surface area (Å²) in [6, 6.07) is 86.9. The van der Waals surface area contributed by atoms with Crippen LogP contribution in [-0.2, 0) is 10.8 Å². The lowest BCUT2D eigenvalue weighted by Crippen LogP contribution is -2.29. The van der Waals surface area contributed by atoms with Crippen molar-refractivity contribution in [3.8, 4) is 33.4 Å². The summed E-state index contributed by atoms with van der Waals surface area (Å²) in [6.07, 6.45) is 12.2. The highest BCUT2D eigenvalue weighted by molar-refractivity contribution is 6.08. The number of anilines is 2. The molecule has 11 aromatic rings. The summed E-state index contributed by atoms with van der Waals surface area (Å²) in [5.41, 5.74) is 24.3. The predicted octanol–water partition coefficient (Wildman–Crippen LogP) is 18.2. The first-order valence-corrected chi connectivity index (χ1v) is 26.3. The first-order chi connectivity index (χ1) is 36.7. The summed E-state index contributed by atoms with van der Waals surface area (Å²) in [5, 5.41) is 3.53. The molecular weight excluding hydrogens is 895 g/mol. The van der Waals surface area contributed by atoms with Gasteiger partial charge in [-0.3, -0.25) is 0 Å². The van der Waals surface area contributed by atoms with Crippen molar-refractivity contribution in [2.45, 2.75) is 36.0 Å². The van der Waals surface area contributed by atoms with Gasteiger partial charge in [-0.1, -0.05) is 224 Å². The molecule has 10 aromatic carbocycles. The second-order valence-corrected chi connectivity index (χ2v) is 20.8. The molecule has 0 saturated carbocycles. The van der Waals surface area contributed by atoms with E-state index in [0.29, 0.717) is 0 Å². The Labute approximate surface area is 431 Å². The number of nitrogens with zero attached hydrogens (tertiary/aromatic N) is 1. The SMILES string of the molecule is C1=CC(C2CC=Cc3c2oc2c3ccc3ccccc32)=C(N(c2ccc3c(c2)C(c2ccccc2)(c2ccccc2)c2ccccc2-3)c2ccc3c(c2)C2(c4ccccc4-c4ccccc42)c2ccccc2-3)CC1. The fraction of sp³-hybridized carbons (Fsp3) is 0.0833. The molecule has 2 heteroatoms. The number of hydrogen-bond donors (Lipinski definition) is 0. The van der Waals surface area contributed by atoms with Crippen molar-refractivity contribution in [3.05, 3.63) is 316 Å². The molecule has 0 N–H and O–H groups in total. The maximum absolute atomic E-state index is 7.22. The number of fused-ring (bicyclic) bond motifs is 18. The number of benzene rings is 10. The van der Waals surface area contributed by atoms with Gasteiger partial charge in [-0.2, -0.15) is 0 Å². The quantitative estimate of drug-likeness (QED) is 0.165. The Morgan fingerprint density at radius 1 is 0.405 bits per heavy atom. The van der Waals surface area contributed by atoms with E-state index < -0.39 is 10.8 Å². The van der Waals surface area contributed by atoms with Crippen LogP contribution in [0.15, 0.2) is 264 Å². The highest BCUT2D eigenvalue weighted by Gasteiger charge is 2.52. The lowest BCUT2D eigenvalue weighted by molar-refractivity contribution is 0.515. The third-order valence-corrected chi connectivity index (χ3v) is 17.4. The molecule has 1 spiro atoms. The smallest absolute Gasteiger partial charge is 0.142 e. The maximum atomic E-state index is 7.22. The van der Waals surface area contributed by atoms with E-state index in [1.54, 1.807) is 0 Å². The number of hydrogen-bond acceptors (Lipinski definition) is 2. The van der Waals surface area contributed by atoms with Crippen LogP contribution >= 0.6 is 0 Å². The van der Waals surface area contributed by atoms with Crippen LogP contribution < -0.4 is 4.90 Å². The van der Waals surface area contributed by atoms with Crippen LogP contribution in [0.25, 0.3) is 61.2 Å². The second kappa shape index (κ2) is 15.8. The Bertz CT molecular complexity index is 4030. The van der Waals surface area contributed by atoms with E-state index in [1.165, 1.54) is 105 Å². The molecule has 0 radical (unpaired) electrons. The minimum absolute atomic E-state index is 0.0141. The van der Waals surface area contributed by atoms with E-state index >= 15 is 0 Å². The van der Waals surface area contributed by atoms with E-state index in [-0.39, 0.29) is 5.92 Å². The van der Waals surface area contributed by atoms with E-state index in [2.05, 4.69) is 260 Å². The van der Waals surface area contributed by atoms with Crippen LogP contribution in [0.1, 0.15) is 81.0 Å². The van der Waals surface area contributed by atoms with E-state index in [4.69, 9.17) is 4.42 Å². The molecule has 0 aliphatic heterocycles. The molecule has 0 saturated heterocycles. The van der Waals surface area contributed by atoms with Gasteiger partial charge in [0.05, 0.1) is 10.8 Å². The average Bonchev–Trinajstić information content (AvgIpc) is 4.30. The third kappa shape index (κ3) is 5.50. The topological polar surface area (TPSA) is 16.4 Å². The summed E-state index contributed by atoms with van der Waals surface area (Å²) in [4.78, 5) is 2.66. The zero-order chi connectivity index (χ0) is 48.5. The third-order valence-electron chi connectivity index (χ3n) is 17.4. The summed E-state index contributed by atoms with van der Waals surface area (Å²) >= 11 is 0. The number of rotatable bonds is 6. The molecule has 0 bridgehead atoms. The van der Waals surface area contributed by atoms with Gasteiger partial charge in [0.2, 0.25) is 0 Å². The first kappa shape index (κ1) is 41.6. The van der Waals surface area contributed by atoms with Crippen LogP contribution in [0.3, 0.4) is 0 Å². The molecule has 1 unspecified atom stereocenters. The van der Waals surface area contributed by atoms with Gasteiger partial charge in [0.15, 0.2) is 0 Å². The summed E-state index contributed by atoms with van der Waals surface area (Å²) in [5.74, 6) is 1.07. The van der Waals surface area contributed by atoms with Crippen molar-refractivity contribution in [1.29, 1.82) is 0 Å². The molecular formula is C72H49NO. The van der Waals surface area contributed by atoms with E-state index in [0.717, 1.165) is 47.4 Å². The van der Waals surface area contributed by atoms with Crippen molar-refractivity contribution in [2.24, 2.45) is 0 Å². The van der Waals surface area contributed by atoms with Crippen molar-refractivity contribution >= 4 is 39.2 Å². The second-order valence-electron chi connectivity index (χ2n) is 20.8. The molecule has 1 heterocycles. The molecule has 0 fully saturated rings. The minimum Gasteiger partial charge on any atom is -0.459 e. The van der Waals surface area contributed by atoms with Crippen LogP contribution in [-0.4, -0.2) is 0 Å².